The second-order valence-corrected chi connectivity index (χ2v) is 6.07. The van der Waals surface area contributed by atoms with Gasteiger partial charge in [-0.3, -0.25) is 19.3 Å². The summed E-state index contributed by atoms with van der Waals surface area (Å²) in [5, 5.41) is 0. The maximum atomic E-state index is 13.0. The quantitative estimate of drug-likeness (QED) is 0.775. The van der Waals surface area contributed by atoms with Crippen LogP contribution in [-0.4, -0.2) is 36.2 Å². The standard InChI is InChI=1S/C18H19NO6/c1-11(20)24-15-16(22)18(2,12-6-8-13(23-3)9-7-12)25-17(15)19-10-4-5-14(19)21/h6-9H,4-5,10H2,1-3H3. The van der Waals surface area contributed by atoms with Crippen molar-refractivity contribution in [2.75, 3.05) is 13.7 Å². The van der Waals surface area contributed by atoms with E-state index in [1.165, 1.54) is 11.8 Å². The third-order valence-corrected chi connectivity index (χ3v) is 4.34. The Kier molecular flexibility index (Phi) is 4.24. The largest absolute Gasteiger partial charge is 0.497 e. The first-order chi connectivity index (χ1) is 11.9. The third kappa shape index (κ3) is 2.86. The molecule has 7 heteroatoms. The normalized spacial score (nSPS) is 23.1. The van der Waals surface area contributed by atoms with Crippen molar-refractivity contribution >= 4 is 17.7 Å². The minimum Gasteiger partial charge on any atom is -0.497 e. The smallest absolute Gasteiger partial charge is 0.308 e. The molecule has 1 unspecified atom stereocenters. The highest BCUT2D eigenvalue weighted by Gasteiger charge is 2.52. The maximum Gasteiger partial charge on any atom is 0.308 e. The highest BCUT2D eigenvalue weighted by molar-refractivity contribution is 6.05. The first-order valence-corrected chi connectivity index (χ1v) is 7.98. The van der Waals surface area contributed by atoms with E-state index < -0.39 is 17.4 Å². The molecule has 1 amide bonds. The molecule has 0 radical (unpaired) electrons. The van der Waals surface area contributed by atoms with Gasteiger partial charge in [-0.2, -0.15) is 0 Å². The van der Waals surface area contributed by atoms with Gasteiger partial charge in [0.1, 0.15) is 5.75 Å². The number of methoxy groups -OCH3 is 1. The highest BCUT2D eigenvalue weighted by atomic mass is 16.6. The SMILES string of the molecule is COc1ccc(C2(C)OC(N3CCCC3=O)=C(OC(C)=O)C2=O)cc1. The molecule has 2 heterocycles. The summed E-state index contributed by atoms with van der Waals surface area (Å²) in [6.45, 7) is 3.21. The van der Waals surface area contributed by atoms with Gasteiger partial charge >= 0.3 is 5.97 Å². The van der Waals surface area contributed by atoms with Crippen molar-refractivity contribution in [2.24, 2.45) is 0 Å². The van der Waals surface area contributed by atoms with Gasteiger partial charge in [-0.15, -0.1) is 0 Å². The Balaban J connectivity index is 2.00. The van der Waals surface area contributed by atoms with Crippen LogP contribution in [0.4, 0.5) is 0 Å². The van der Waals surface area contributed by atoms with E-state index in [4.69, 9.17) is 14.2 Å². The van der Waals surface area contributed by atoms with E-state index in [9.17, 15) is 14.4 Å². The third-order valence-electron chi connectivity index (χ3n) is 4.34. The first kappa shape index (κ1) is 17.0. The molecule has 1 saturated heterocycles. The number of esters is 1. The zero-order valence-electron chi connectivity index (χ0n) is 14.3. The molecule has 1 atom stereocenters. The summed E-state index contributed by atoms with van der Waals surface area (Å²) in [5.74, 6) is -0.868. The van der Waals surface area contributed by atoms with Gasteiger partial charge in [-0.25, -0.2) is 0 Å². The highest BCUT2D eigenvalue weighted by Crippen LogP contribution is 2.41. The van der Waals surface area contributed by atoms with Gasteiger partial charge in [0, 0.05) is 25.5 Å². The zero-order valence-corrected chi connectivity index (χ0v) is 14.3. The zero-order chi connectivity index (χ0) is 18.2. The summed E-state index contributed by atoms with van der Waals surface area (Å²) in [6, 6.07) is 6.83. The van der Waals surface area contributed by atoms with Crippen molar-refractivity contribution in [3.05, 3.63) is 41.5 Å². The van der Waals surface area contributed by atoms with Crippen molar-refractivity contribution in [3.8, 4) is 5.75 Å². The van der Waals surface area contributed by atoms with Gasteiger partial charge in [0.25, 0.3) is 5.78 Å². The number of carbonyl (C=O) groups is 3. The summed E-state index contributed by atoms with van der Waals surface area (Å²) in [5.41, 5.74) is -0.806. The van der Waals surface area contributed by atoms with Crippen molar-refractivity contribution in [3.63, 3.8) is 0 Å². The minimum atomic E-state index is -1.38. The van der Waals surface area contributed by atoms with Crippen LogP contribution in [0.3, 0.4) is 0 Å². The Labute approximate surface area is 145 Å². The molecule has 2 aliphatic rings. The van der Waals surface area contributed by atoms with E-state index in [1.807, 2.05) is 0 Å². The van der Waals surface area contributed by atoms with Crippen LogP contribution in [0, 0.1) is 0 Å². The predicted molar refractivity (Wildman–Crippen MR) is 86.2 cm³/mol. The van der Waals surface area contributed by atoms with Gasteiger partial charge in [-0.05, 0) is 25.5 Å². The number of hydrogen-bond donors (Lipinski definition) is 0. The Morgan fingerprint density at radius 3 is 2.44 bits per heavy atom. The number of hydrogen-bond acceptors (Lipinski definition) is 6. The van der Waals surface area contributed by atoms with Crippen LogP contribution in [0.1, 0.15) is 32.3 Å². The van der Waals surface area contributed by atoms with Crippen LogP contribution in [0.2, 0.25) is 0 Å². The number of Topliss-reactive ketones (excluding diaryl/α,β-unsaturated/α-hetero) is 1. The van der Waals surface area contributed by atoms with Gasteiger partial charge < -0.3 is 14.2 Å². The van der Waals surface area contributed by atoms with Crippen LogP contribution in [-0.2, 0) is 29.5 Å². The Morgan fingerprint density at radius 1 is 1.24 bits per heavy atom. The van der Waals surface area contributed by atoms with Crippen molar-refractivity contribution in [1.29, 1.82) is 0 Å². The number of likely N-dealkylation sites (tertiary alicyclic amines) is 1. The lowest BCUT2D eigenvalue weighted by molar-refractivity contribution is -0.142. The topological polar surface area (TPSA) is 82.1 Å². The lowest BCUT2D eigenvalue weighted by Crippen LogP contribution is -2.32. The number of ketones is 1. The number of rotatable bonds is 4. The summed E-state index contributed by atoms with van der Waals surface area (Å²) in [6.07, 6.45) is 1.03. The van der Waals surface area contributed by atoms with E-state index in [0.717, 1.165) is 0 Å². The molecule has 0 saturated carbocycles. The molecule has 2 aliphatic heterocycles. The molecular weight excluding hydrogens is 326 g/mol. The van der Waals surface area contributed by atoms with Crippen LogP contribution in [0.5, 0.6) is 5.75 Å². The fraction of sp³-hybridized carbons (Fsp3) is 0.389. The Bertz CT molecular complexity index is 766. The Hall–Kier alpha value is -2.83. The van der Waals surface area contributed by atoms with Crippen LogP contribution in [0.15, 0.2) is 35.9 Å². The summed E-state index contributed by atoms with van der Waals surface area (Å²) >= 11 is 0. The number of nitrogens with zero attached hydrogens (tertiary/aromatic N) is 1. The second kappa shape index (κ2) is 6.23. The Morgan fingerprint density at radius 2 is 1.92 bits per heavy atom. The molecule has 132 valence electrons. The molecule has 3 rings (SSSR count). The number of benzene rings is 1. The summed E-state index contributed by atoms with van der Waals surface area (Å²) < 4.78 is 16.1. The maximum absolute atomic E-state index is 13.0. The summed E-state index contributed by atoms with van der Waals surface area (Å²) in [4.78, 5) is 37.8. The van der Waals surface area contributed by atoms with E-state index >= 15 is 0 Å². The monoisotopic (exact) mass is 345 g/mol. The molecule has 1 aromatic carbocycles. The number of carbonyl (C=O) groups excluding carboxylic acids is 3. The molecule has 1 aromatic rings. The van der Waals surface area contributed by atoms with E-state index in [2.05, 4.69) is 0 Å². The average Bonchev–Trinajstić information content (AvgIpc) is 3.12. The van der Waals surface area contributed by atoms with Crippen molar-refractivity contribution < 1.29 is 28.6 Å². The van der Waals surface area contributed by atoms with E-state index in [-0.39, 0.29) is 17.5 Å². The van der Waals surface area contributed by atoms with Gasteiger partial charge in [0.05, 0.1) is 7.11 Å². The molecule has 0 bridgehead atoms. The van der Waals surface area contributed by atoms with Gasteiger partial charge in [0.15, 0.2) is 5.60 Å². The van der Waals surface area contributed by atoms with Crippen LogP contribution in [0.25, 0.3) is 0 Å². The molecule has 0 aliphatic carbocycles. The lowest BCUT2D eigenvalue weighted by Gasteiger charge is -2.26. The molecule has 0 spiro atoms. The molecular formula is C18H19NO6. The van der Waals surface area contributed by atoms with Crippen molar-refractivity contribution in [1.82, 2.24) is 4.90 Å². The molecule has 25 heavy (non-hydrogen) atoms. The number of ether oxygens (including phenoxy) is 3. The summed E-state index contributed by atoms with van der Waals surface area (Å²) in [7, 11) is 1.55. The first-order valence-electron chi connectivity index (χ1n) is 7.98. The molecule has 0 aromatic heterocycles. The van der Waals surface area contributed by atoms with E-state index in [0.29, 0.717) is 30.7 Å². The lowest BCUT2D eigenvalue weighted by atomic mass is 9.91. The molecule has 0 N–H and O–H groups in total. The van der Waals surface area contributed by atoms with E-state index in [1.54, 1.807) is 38.3 Å². The molecule has 7 nitrogen and oxygen atoms in total. The van der Waals surface area contributed by atoms with Gasteiger partial charge in [-0.1, -0.05) is 12.1 Å². The fourth-order valence-corrected chi connectivity index (χ4v) is 2.97. The minimum absolute atomic E-state index is 0.0148. The van der Waals surface area contributed by atoms with Gasteiger partial charge in [0.2, 0.25) is 17.5 Å². The fourth-order valence-electron chi connectivity index (χ4n) is 2.97. The van der Waals surface area contributed by atoms with Crippen LogP contribution < -0.4 is 4.74 Å². The van der Waals surface area contributed by atoms with Crippen molar-refractivity contribution in [2.45, 2.75) is 32.3 Å². The molecule has 1 fully saturated rings. The predicted octanol–water partition coefficient (Wildman–Crippen LogP) is 1.86. The number of amides is 1. The van der Waals surface area contributed by atoms with Crippen LogP contribution >= 0.6 is 0 Å². The average molecular weight is 345 g/mol. The second-order valence-electron chi connectivity index (χ2n) is 6.07.